The SMILES string of the molecule is CC(C)(C)OC(=O)N(c1ccc(F)c(Cl)c1)c1ncnc2cc(OCCCN3CCOCC3)c([N+](=O)[O-])cc12. The lowest BCUT2D eigenvalue weighted by molar-refractivity contribution is -0.385. The lowest BCUT2D eigenvalue weighted by Crippen LogP contribution is -2.37. The summed E-state index contributed by atoms with van der Waals surface area (Å²) in [5.41, 5.74) is -0.737. The van der Waals surface area contributed by atoms with Gasteiger partial charge in [0.15, 0.2) is 11.6 Å². The molecule has 208 valence electrons. The van der Waals surface area contributed by atoms with Crippen molar-refractivity contribution in [3.8, 4) is 5.75 Å². The normalized spacial score (nSPS) is 14.3. The van der Waals surface area contributed by atoms with E-state index in [-0.39, 0.29) is 40.0 Å². The van der Waals surface area contributed by atoms with E-state index >= 15 is 0 Å². The van der Waals surface area contributed by atoms with Crippen molar-refractivity contribution in [1.29, 1.82) is 0 Å². The van der Waals surface area contributed by atoms with Gasteiger partial charge < -0.3 is 14.2 Å². The van der Waals surface area contributed by atoms with Crippen LogP contribution in [0.3, 0.4) is 0 Å². The maximum Gasteiger partial charge on any atom is 0.420 e. The minimum Gasteiger partial charge on any atom is -0.487 e. The minimum atomic E-state index is -0.879. The van der Waals surface area contributed by atoms with Crippen LogP contribution in [0.5, 0.6) is 5.75 Å². The summed E-state index contributed by atoms with van der Waals surface area (Å²) in [7, 11) is 0. The average Bonchev–Trinajstić information content (AvgIpc) is 2.88. The van der Waals surface area contributed by atoms with Crippen LogP contribution in [0.15, 0.2) is 36.7 Å². The zero-order valence-corrected chi connectivity index (χ0v) is 22.6. The van der Waals surface area contributed by atoms with Crippen LogP contribution in [0.4, 0.5) is 26.4 Å². The van der Waals surface area contributed by atoms with Crippen molar-refractivity contribution in [2.24, 2.45) is 0 Å². The van der Waals surface area contributed by atoms with Crippen LogP contribution in [-0.2, 0) is 9.47 Å². The minimum absolute atomic E-state index is 0.00103. The van der Waals surface area contributed by atoms with Gasteiger partial charge in [0.2, 0.25) is 0 Å². The summed E-state index contributed by atoms with van der Waals surface area (Å²) in [5.74, 6) is -0.630. The molecule has 1 amide bonds. The number of nitrogens with zero attached hydrogens (tertiary/aromatic N) is 5. The van der Waals surface area contributed by atoms with Gasteiger partial charge in [-0.25, -0.2) is 24.1 Å². The molecule has 3 aromatic rings. The molecule has 0 aliphatic carbocycles. The lowest BCUT2D eigenvalue weighted by atomic mass is 10.1. The number of morpholine rings is 1. The first-order valence-corrected chi connectivity index (χ1v) is 12.8. The molecule has 0 saturated carbocycles. The zero-order chi connectivity index (χ0) is 28.2. The standard InChI is InChI=1S/C26H29ClFN5O6/c1-26(2,3)39-25(34)32(17-5-6-20(28)19(27)13-17)24-18-14-22(33(35)36)23(15-21(18)29-16-30-24)38-10-4-7-31-8-11-37-12-9-31/h5-6,13-16H,4,7-12H2,1-3H3. The van der Waals surface area contributed by atoms with Gasteiger partial charge >= 0.3 is 11.8 Å². The highest BCUT2D eigenvalue weighted by Gasteiger charge is 2.29. The Bertz CT molecular complexity index is 1360. The van der Waals surface area contributed by atoms with Crippen molar-refractivity contribution in [2.75, 3.05) is 44.4 Å². The molecule has 4 rings (SSSR count). The molecule has 2 heterocycles. The highest BCUT2D eigenvalue weighted by atomic mass is 35.5. The Hall–Kier alpha value is -3.61. The Kier molecular flexibility index (Phi) is 8.78. The van der Waals surface area contributed by atoms with E-state index in [4.69, 9.17) is 25.8 Å². The number of benzene rings is 2. The second-order valence-corrected chi connectivity index (χ2v) is 10.3. The number of ether oxygens (including phenoxy) is 3. The third-order valence-electron chi connectivity index (χ3n) is 5.82. The molecule has 0 radical (unpaired) electrons. The maximum atomic E-state index is 13.9. The number of aromatic nitrogens is 2. The first kappa shape index (κ1) is 28.4. The number of hydrogen-bond donors (Lipinski definition) is 0. The number of fused-ring (bicyclic) bond motifs is 1. The fourth-order valence-electron chi connectivity index (χ4n) is 4.04. The first-order valence-electron chi connectivity index (χ1n) is 12.4. The molecule has 1 aromatic heterocycles. The Balaban J connectivity index is 1.70. The van der Waals surface area contributed by atoms with Crippen LogP contribution in [0.25, 0.3) is 10.9 Å². The van der Waals surface area contributed by atoms with E-state index in [0.29, 0.717) is 25.2 Å². The van der Waals surface area contributed by atoms with Crippen molar-refractivity contribution >= 4 is 45.8 Å². The summed E-state index contributed by atoms with van der Waals surface area (Å²) >= 11 is 6.00. The van der Waals surface area contributed by atoms with Gasteiger partial charge in [0.1, 0.15) is 17.7 Å². The van der Waals surface area contributed by atoms with E-state index < -0.39 is 22.4 Å². The Morgan fingerprint density at radius 3 is 2.64 bits per heavy atom. The average molecular weight is 562 g/mol. The number of carbonyl (C=O) groups excluding carboxylic acids is 1. The maximum absolute atomic E-state index is 13.9. The smallest absolute Gasteiger partial charge is 0.420 e. The summed E-state index contributed by atoms with van der Waals surface area (Å²) in [6, 6.07) is 6.38. The van der Waals surface area contributed by atoms with Crippen LogP contribution < -0.4 is 9.64 Å². The second-order valence-electron chi connectivity index (χ2n) is 9.86. The fourth-order valence-corrected chi connectivity index (χ4v) is 4.21. The van der Waals surface area contributed by atoms with Gasteiger partial charge in [-0.1, -0.05) is 11.6 Å². The van der Waals surface area contributed by atoms with Gasteiger partial charge in [0.25, 0.3) is 0 Å². The van der Waals surface area contributed by atoms with Crippen molar-refractivity contribution in [3.63, 3.8) is 0 Å². The van der Waals surface area contributed by atoms with E-state index in [2.05, 4.69) is 14.9 Å². The molecule has 0 N–H and O–H groups in total. The molecule has 1 fully saturated rings. The van der Waals surface area contributed by atoms with E-state index in [1.54, 1.807) is 20.8 Å². The van der Waals surface area contributed by atoms with Crippen LogP contribution in [-0.4, -0.2) is 70.9 Å². The van der Waals surface area contributed by atoms with Crippen molar-refractivity contribution in [1.82, 2.24) is 14.9 Å². The van der Waals surface area contributed by atoms with Crippen LogP contribution in [0.2, 0.25) is 5.02 Å². The third kappa shape index (κ3) is 7.08. The quantitative estimate of drug-likeness (QED) is 0.199. The largest absolute Gasteiger partial charge is 0.487 e. The van der Waals surface area contributed by atoms with E-state index in [9.17, 15) is 19.3 Å². The number of hydrogen-bond acceptors (Lipinski definition) is 9. The van der Waals surface area contributed by atoms with Gasteiger partial charge in [-0.3, -0.25) is 15.0 Å². The number of rotatable bonds is 8. The fraction of sp³-hybridized carbons (Fsp3) is 0.423. The number of nitro benzene ring substituents is 1. The van der Waals surface area contributed by atoms with E-state index in [1.165, 1.54) is 30.6 Å². The summed E-state index contributed by atoms with van der Waals surface area (Å²) in [6.07, 6.45) is 1.05. The molecule has 0 bridgehead atoms. The topological polar surface area (TPSA) is 120 Å². The second kappa shape index (κ2) is 12.1. The number of anilines is 2. The molecule has 0 spiro atoms. The summed E-state index contributed by atoms with van der Waals surface area (Å²) in [6.45, 7) is 9.15. The number of carbonyl (C=O) groups is 1. The van der Waals surface area contributed by atoms with Crippen molar-refractivity contribution in [2.45, 2.75) is 32.8 Å². The Labute approximate surface area is 229 Å². The van der Waals surface area contributed by atoms with E-state index in [0.717, 1.165) is 30.6 Å². The Morgan fingerprint density at radius 2 is 1.97 bits per heavy atom. The van der Waals surface area contributed by atoms with Gasteiger partial charge in [-0.2, -0.15) is 0 Å². The molecule has 1 aliphatic rings. The molecule has 0 unspecified atom stereocenters. The molecule has 11 nitrogen and oxygen atoms in total. The molecular formula is C26H29ClFN5O6. The summed E-state index contributed by atoms with van der Waals surface area (Å²) in [4.78, 5) is 36.6. The first-order chi connectivity index (χ1) is 18.5. The van der Waals surface area contributed by atoms with Crippen LogP contribution >= 0.6 is 11.6 Å². The molecule has 0 atom stereocenters. The number of nitro groups is 1. The monoisotopic (exact) mass is 561 g/mol. The van der Waals surface area contributed by atoms with Crippen LogP contribution in [0, 0.1) is 15.9 Å². The predicted molar refractivity (Wildman–Crippen MR) is 143 cm³/mol. The predicted octanol–water partition coefficient (Wildman–Crippen LogP) is 5.50. The third-order valence-corrected chi connectivity index (χ3v) is 6.11. The highest BCUT2D eigenvalue weighted by Crippen LogP contribution is 2.38. The van der Waals surface area contributed by atoms with Gasteiger partial charge in [-0.15, -0.1) is 0 Å². The van der Waals surface area contributed by atoms with Crippen molar-refractivity contribution < 1.29 is 28.3 Å². The summed E-state index contributed by atoms with van der Waals surface area (Å²) < 4.78 is 30.6. The lowest BCUT2D eigenvalue weighted by Gasteiger charge is -2.27. The number of amides is 1. The molecule has 1 saturated heterocycles. The van der Waals surface area contributed by atoms with Crippen LogP contribution in [0.1, 0.15) is 27.2 Å². The van der Waals surface area contributed by atoms with Gasteiger partial charge in [-0.05, 0) is 45.4 Å². The highest BCUT2D eigenvalue weighted by molar-refractivity contribution is 6.31. The summed E-state index contributed by atoms with van der Waals surface area (Å²) in [5, 5.41) is 12.0. The Morgan fingerprint density at radius 1 is 1.23 bits per heavy atom. The van der Waals surface area contributed by atoms with Gasteiger partial charge in [0.05, 0.1) is 46.4 Å². The van der Waals surface area contributed by atoms with Gasteiger partial charge in [0, 0.05) is 31.8 Å². The number of halogens is 2. The van der Waals surface area contributed by atoms with Crippen molar-refractivity contribution in [3.05, 3.63) is 57.6 Å². The van der Waals surface area contributed by atoms with E-state index in [1.807, 2.05) is 0 Å². The molecule has 2 aromatic carbocycles. The zero-order valence-electron chi connectivity index (χ0n) is 21.9. The molecule has 13 heteroatoms. The molecule has 1 aliphatic heterocycles. The molecular weight excluding hydrogens is 533 g/mol. The molecule has 39 heavy (non-hydrogen) atoms.